The minimum Gasteiger partial charge on any atom is -0.484 e. The molecule has 2 aromatic rings. The zero-order valence-electron chi connectivity index (χ0n) is 15.4. The molecular weight excluding hydrogens is 352 g/mol. The number of hydrogen-bond donors (Lipinski definition) is 1. The minimum atomic E-state index is -3.69. The molecule has 0 aliphatic heterocycles. The largest absolute Gasteiger partial charge is 0.484 e. The van der Waals surface area contributed by atoms with Crippen LogP contribution >= 0.6 is 0 Å². The predicted molar refractivity (Wildman–Crippen MR) is 102 cm³/mol. The van der Waals surface area contributed by atoms with Gasteiger partial charge in [0.05, 0.1) is 4.90 Å². The lowest BCUT2D eigenvalue weighted by Gasteiger charge is -2.12. The number of likely N-dealkylation sites (N-methyl/N-ethyl adjacent to an activating group) is 1. The number of hydrogen-bond acceptors (Lipinski definition) is 4. The Bertz CT molecular complexity index is 842. The lowest BCUT2D eigenvalue weighted by molar-refractivity contribution is -0.130. The molecule has 0 fully saturated rings. The van der Waals surface area contributed by atoms with Gasteiger partial charge in [0, 0.05) is 19.8 Å². The highest BCUT2D eigenvalue weighted by Crippen LogP contribution is 2.21. The van der Waals surface area contributed by atoms with Gasteiger partial charge < -0.3 is 9.64 Å². The molecule has 7 heteroatoms. The van der Waals surface area contributed by atoms with Crippen LogP contribution in [-0.4, -0.2) is 39.9 Å². The number of amides is 1. The second kappa shape index (κ2) is 8.23. The van der Waals surface area contributed by atoms with E-state index >= 15 is 0 Å². The van der Waals surface area contributed by atoms with E-state index in [0.29, 0.717) is 17.4 Å². The number of sulfonamides is 1. The van der Waals surface area contributed by atoms with Crippen LogP contribution in [0.1, 0.15) is 25.3 Å². The van der Waals surface area contributed by atoms with Gasteiger partial charge in [-0.25, -0.2) is 8.42 Å². The monoisotopic (exact) mass is 376 g/mol. The number of ether oxygens (including phenoxy) is 1. The summed E-state index contributed by atoms with van der Waals surface area (Å²) < 4.78 is 32.8. The summed E-state index contributed by atoms with van der Waals surface area (Å²) in [6, 6.07) is 13.2. The Morgan fingerprint density at radius 2 is 1.62 bits per heavy atom. The van der Waals surface area contributed by atoms with Crippen LogP contribution in [0.5, 0.6) is 5.75 Å². The van der Waals surface area contributed by atoms with Gasteiger partial charge in [-0.1, -0.05) is 26.0 Å². The minimum absolute atomic E-state index is 0.0977. The molecule has 0 aromatic heterocycles. The van der Waals surface area contributed by atoms with Gasteiger partial charge in [-0.3, -0.25) is 9.52 Å². The van der Waals surface area contributed by atoms with E-state index in [1.54, 1.807) is 26.2 Å². The average Bonchev–Trinajstić information content (AvgIpc) is 2.60. The normalized spacial score (nSPS) is 11.3. The van der Waals surface area contributed by atoms with Crippen molar-refractivity contribution in [2.45, 2.75) is 24.7 Å². The van der Waals surface area contributed by atoms with E-state index in [1.807, 2.05) is 12.1 Å². The zero-order valence-corrected chi connectivity index (χ0v) is 16.2. The van der Waals surface area contributed by atoms with Gasteiger partial charge in [0.25, 0.3) is 15.9 Å². The van der Waals surface area contributed by atoms with E-state index in [1.165, 1.54) is 29.2 Å². The summed E-state index contributed by atoms with van der Waals surface area (Å²) >= 11 is 0. The van der Waals surface area contributed by atoms with Crippen LogP contribution in [0.2, 0.25) is 0 Å². The van der Waals surface area contributed by atoms with Crippen LogP contribution in [0.4, 0.5) is 5.69 Å². The highest BCUT2D eigenvalue weighted by molar-refractivity contribution is 7.92. The SMILES string of the molecule is CC(C)c1ccc(NS(=O)(=O)c2ccc(OCC(=O)N(C)C)cc2)cc1. The first kappa shape index (κ1) is 19.8. The second-order valence-electron chi connectivity index (χ2n) is 6.43. The summed E-state index contributed by atoms with van der Waals surface area (Å²) in [5.74, 6) is 0.640. The standard InChI is InChI=1S/C19H24N2O4S/c1-14(2)15-5-7-16(8-6-15)20-26(23,24)18-11-9-17(10-12-18)25-13-19(22)21(3)4/h5-12,14,20H,13H2,1-4H3. The molecule has 0 spiro atoms. The van der Waals surface area contributed by atoms with Crippen LogP contribution < -0.4 is 9.46 Å². The molecule has 0 aliphatic carbocycles. The number of nitrogens with one attached hydrogen (secondary N) is 1. The number of rotatable bonds is 7. The smallest absolute Gasteiger partial charge is 0.261 e. The molecule has 0 saturated heterocycles. The van der Waals surface area contributed by atoms with Gasteiger partial charge in [-0.2, -0.15) is 0 Å². The van der Waals surface area contributed by atoms with E-state index in [4.69, 9.17) is 4.74 Å². The summed E-state index contributed by atoms with van der Waals surface area (Å²) in [6.45, 7) is 4.06. The number of benzene rings is 2. The zero-order chi connectivity index (χ0) is 19.3. The van der Waals surface area contributed by atoms with Crippen molar-refractivity contribution in [3.05, 3.63) is 54.1 Å². The van der Waals surface area contributed by atoms with Crippen molar-refractivity contribution in [1.82, 2.24) is 4.90 Å². The summed E-state index contributed by atoms with van der Waals surface area (Å²) in [7, 11) is -0.409. The van der Waals surface area contributed by atoms with Crippen molar-refractivity contribution in [3.63, 3.8) is 0 Å². The summed E-state index contributed by atoms with van der Waals surface area (Å²) in [4.78, 5) is 13.1. The maximum Gasteiger partial charge on any atom is 0.261 e. The molecular formula is C19H24N2O4S. The van der Waals surface area contributed by atoms with E-state index in [0.717, 1.165) is 5.56 Å². The van der Waals surface area contributed by atoms with Crippen LogP contribution in [-0.2, 0) is 14.8 Å². The molecule has 0 radical (unpaired) electrons. The van der Waals surface area contributed by atoms with Crippen LogP contribution in [0.25, 0.3) is 0 Å². The Labute approximate surface area is 154 Å². The highest BCUT2D eigenvalue weighted by Gasteiger charge is 2.15. The summed E-state index contributed by atoms with van der Waals surface area (Å²) in [5.41, 5.74) is 1.65. The predicted octanol–water partition coefficient (Wildman–Crippen LogP) is 3.08. The third-order valence-electron chi connectivity index (χ3n) is 3.82. The van der Waals surface area contributed by atoms with Crippen LogP contribution in [0, 0.1) is 0 Å². The maximum absolute atomic E-state index is 12.5. The van der Waals surface area contributed by atoms with E-state index in [9.17, 15) is 13.2 Å². The molecule has 0 unspecified atom stereocenters. The molecule has 0 atom stereocenters. The summed E-state index contributed by atoms with van der Waals surface area (Å²) in [6.07, 6.45) is 0. The first-order valence-electron chi connectivity index (χ1n) is 8.25. The van der Waals surface area contributed by atoms with Crippen molar-refractivity contribution in [2.75, 3.05) is 25.4 Å². The molecule has 140 valence electrons. The Morgan fingerprint density at radius 3 is 2.12 bits per heavy atom. The Kier molecular flexibility index (Phi) is 6.26. The van der Waals surface area contributed by atoms with Crippen molar-refractivity contribution in [2.24, 2.45) is 0 Å². The molecule has 0 bridgehead atoms. The fourth-order valence-corrected chi connectivity index (χ4v) is 3.20. The number of nitrogens with zero attached hydrogens (tertiary/aromatic N) is 1. The second-order valence-corrected chi connectivity index (χ2v) is 8.11. The number of anilines is 1. The highest BCUT2D eigenvalue weighted by atomic mass is 32.2. The van der Waals surface area contributed by atoms with Crippen molar-refractivity contribution >= 4 is 21.6 Å². The lowest BCUT2D eigenvalue weighted by atomic mass is 10.0. The van der Waals surface area contributed by atoms with Gasteiger partial charge in [-0.15, -0.1) is 0 Å². The first-order valence-corrected chi connectivity index (χ1v) is 9.73. The van der Waals surface area contributed by atoms with Gasteiger partial charge in [0.2, 0.25) is 0 Å². The van der Waals surface area contributed by atoms with Crippen LogP contribution in [0.15, 0.2) is 53.4 Å². The Morgan fingerprint density at radius 1 is 1.04 bits per heavy atom. The molecule has 0 saturated carbocycles. The molecule has 2 rings (SSSR count). The fraction of sp³-hybridized carbons (Fsp3) is 0.316. The van der Waals surface area contributed by atoms with Gasteiger partial charge in [0.1, 0.15) is 5.75 Å². The molecule has 0 aliphatic rings. The van der Waals surface area contributed by atoms with Gasteiger partial charge in [0.15, 0.2) is 6.61 Å². The molecule has 2 aromatic carbocycles. The Hall–Kier alpha value is -2.54. The van der Waals surface area contributed by atoms with E-state index < -0.39 is 10.0 Å². The number of carbonyl (C=O) groups is 1. The van der Waals surface area contributed by atoms with Crippen molar-refractivity contribution < 1.29 is 17.9 Å². The van der Waals surface area contributed by atoms with Gasteiger partial charge in [-0.05, 0) is 47.9 Å². The van der Waals surface area contributed by atoms with Crippen molar-refractivity contribution in [1.29, 1.82) is 0 Å². The van der Waals surface area contributed by atoms with Crippen LogP contribution in [0.3, 0.4) is 0 Å². The fourth-order valence-electron chi connectivity index (χ4n) is 2.14. The number of carbonyl (C=O) groups excluding carboxylic acids is 1. The lowest BCUT2D eigenvalue weighted by Crippen LogP contribution is -2.27. The summed E-state index contributed by atoms with van der Waals surface area (Å²) in [5, 5.41) is 0. The molecule has 0 heterocycles. The average molecular weight is 376 g/mol. The quantitative estimate of drug-likeness (QED) is 0.806. The molecule has 26 heavy (non-hydrogen) atoms. The topological polar surface area (TPSA) is 75.7 Å². The van der Waals surface area contributed by atoms with E-state index in [-0.39, 0.29) is 17.4 Å². The maximum atomic E-state index is 12.5. The Balaban J connectivity index is 2.05. The van der Waals surface area contributed by atoms with Gasteiger partial charge >= 0.3 is 0 Å². The van der Waals surface area contributed by atoms with E-state index in [2.05, 4.69) is 18.6 Å². The first-order chi connectivity index (χ1) is 12.2. The third-order valence-corrected chi connectivity index (χ3v) is 5.22. The van der Waals surface area contributed by atoms with Crippen molar-refractivity contribution in [3.8, 4) is 5.75 Å². The molecule has 1 amide bonds. The third kappa shape index (κ3) is 5.23. The molecule has 1 N–H and O–H groups in total. The molecule has 6 nitrogen and oxygen atoms in total.